The second-order valence-corrected chi connectivity index (χ2v) is 2.60. The molecule has 0 bridgehead atoms. The fraction of sp³-hybridized carbons (Fsp3) is 0. The standard InChI is InChI=1S/C7H4NS.ClH.Zn/c1-2-4-7-6(3-1)8-5-9-7;;/h1-4H;1H;/q;;+1/p-1. The van der Waals surface area contributed by atoms with Gasteiger partial charge in [0.05, 0.1) is 10.2 Å². The monoisotopic (exact) mass is 233 g/mol. The summed E-state index contributed by atoms with van der Waals surface area (Å²) >= 11 is 2.40. The van der Waals surface area contributed by atoms with E-state index in [0.717, 1.165) is 22.8 Å². The SMILES string of the molecule is [Cl][Zn].[c]1nc2ccccc2s1. The molecule has 2 aromatic rings. The Labute approximate surface area is 83.1 Å². The van der Waals surface area contributed by atoms with E-state index in [-0.39, 0.29) is 0 Å². The van der Waals surface area contributed by atoms with Crippen molar-refractivity contribution >= 4 is 31.2 Å². The van der Waals surface area contributed by atoms with Gasteiger partial charge < -0.3 is 0 Å². The number of halogens is 1. The fourth-order valence-corrected chi connectivity index (χ4v) is 1.36. The minimum absolute atomic E-state index is 0.847. The summed E-state index contributed by atoms with van der Waals surface area (Å²) in [5.41, 5.74) is 3.87. The van der Waals surface area contributed by atoms with Gasteiger partial charge in [0.25, 0.3) is 0 Å². The maximum Gasteiger partial charge on any atom is 0.153 e. The fourth-order valence-electron chi connectivity index (χ4n) is 0.757. The van der Waals surface area contributed by atoms with Crippen LogP contribution >= 0.6 is 21.0 Å². The third-order valence-corrected chi connectivity index (χ3v) is 1.93. The van der Waals surface area contributed by atoms with E-state index >= 15 is 0 Å². The molecule has 0 saturated carbocycles. The van der Waals surface area contributed by atoms with E-state index < -0.39 is 0 Å². The second kappa shape index (κ2) is 4.81. The van der Waals surface area contributed by atoms with Gasteiger partial charge in [-0.25, -0.2) is 4.98 Å². The predicted octanol–water partition coefficient (Wildman–Crippen LogP) is 2.78. The molecule has 52 valence electrons. The van der Waals surface area contributed by atoms with E-state index in [2.05, 4.69) is 10.5 Å². The van der Waals surface area contributed by atoms with Crippen LogP contribution in [-0.4, -0.2) is 4.98 Å². The molecule has 0 aliphatic rings. The molecule has 0 saturated heterocycles. The molecule has 0 aliphatic heterocycles. The molecule has 1 aromatic heterocycles. The van der Waals surface area contributed by atoms with E-state index in [1.807, 2.05) is 24.3 Å². The van der Waals surface area contributed by atoms with E-state index in [4.69, 9.17) is 9.69 Å². The molecular weight excluding hydrogens is 231 g/mol. The zero-order chi connectivity index (χ0) is 8.10. The summed E-state index contributed by atoms with van der Waals surface area (Å²) in [5.74, 6) is 0. The number of fused-ring (bicyclic) bond motifs is 1. The first-order valence-electron chi connectivity index (χ1n) is 2.95. The van der Waals surface area contributed by atoms with Crippen molar-refractivity contribution < 1.29 is 17.3 Å². The molecule has 0 unspecified atom stereocenters. The molecule has 0 N–H and O–H groups in total. The molecule has 0 fully saturated rings. The Morgan fingerprint density at radius 2 is 2.09 bits per heavy atom. The van der Waals surface area contributed by atoms with E-state index in [1.165, 1.54) is 4.70 Å². The van der Waals surface area contributed by atoms with Crippen molar-refractivity contribution in [3.63, 3.8) is 0 Å². The molecule has 2 rings (SSSR count). The summed E-state index contributed by atoms with van der Waals surface area (Å²) in [6.45, 7) is 0. The molecule has 0 amide bonds. The average molecular weight is 235 g/mol. The van der Waals surface area contributed by atoms with Gasteiger partial charge in [0.1, 0.15) is 0 Å². The van der Waals surface area contributed by atoms with E-state index in [9.17, 15) is 0 Å². The number of rotatable bonds is 0. The third kappa shape index (κ3) is 2.23. The quantitative estimate of drug-likeness (QED) is 0.639. The first-order valence-corrected chi connectivity index (χ1v) is 7.67. The number of thiazole rings is 1. The van der Waals surface area contributed by atoms with Crippen LogP contribution in [0.3, 0.4) is 0 Å². The van der Waals surface area contributed by atoms with Crippen LogP contribution in [0, 0.1) is 5.51 Å². The Morgan fingerprint density at radius 3 is 2.82 bits per heavy atom. The molecule has 0 spiro atoms. The zero-order valence-corrected chi connectivity index (χ0v) is 10.3. The van der Waals surface area contributed by atoms with Crippen molar-refractivity contribution in [3.8, 4) is 0 Å². The van der Waals surface area contributed by atoms with Gasteiger partial charge in [0.2, 0.25) is 0 Å². The van der Waals surface area contributed by atoms with Gasteiger partial charge >= 0.3 is 27.0 Å². The van der Waals surface area contributed by atoms with Gasteiger partial charge in [-0.05, 0) is 12.1 Å². The molecule has 1 aromatic carbocycles. The van der Waals surface area contributed by atoms with Crippen molar-refractivity contribution in [1.82, 2.24) is 4.98 Å². The molecule has 1 radical (unpaired) electrons. The molecule has 1 nitrogen and oxygen atoms in total. The van der Waals surface area contributed by atoms with E-state index in [0.29, 0.717) is 0 Å². The van der Waals surface area contributed by atoms with Crippen molar-refractivity contribution in [2.45, 2.75) is 0 Å². The van der Waals surface area contributed by atoms with Crippen LogP contribution in [0.15, 0.2) is 24.3 Å². The van der Waals surface area contributed by atoms with Crippen LogP contribution in [0.1, 0.15) is 0 Å². The summed E-state index contributed by atoms with van der Waals surface area (Å²) in [6, 6.07) is 8.02. The second-order valence-electron chi connectivity index (χ2n) is 1.77. The minimum atomic E-state index is 0.847. The van der Waals surface area contributed by atoms with Crippen molar-refractivity contribution in [2.24, 2.45) is 0 Å². The molecule has 0 atom stereocenters. The summed E-state index contributed by atoms with van der Waals surface area (Å²) in [5, 5.41) is 0. The first-order chi connectivity index (χ1) is 5.47. The van der Waals surface area contributed by atoms with Crippen LogP contribution in [0.4, 0.5) is 0 Å². The Kier molecular flexibility index (Phi) is 3.99. The maximum absolute atomic E-state index is 4.76. The molecular formula is C7H4ClNSZn. The van der Waals surface area contributed by atoms with Crippen LogP contribution in [0.25, 0.3) is 10.2 Å². The van der Waals surface area contributed by atoms with E-state index in [1.54, 1.807) is 11.3 Å². The van der Waals surface area contributed by atoms with Crippen LogP contribution in [0.2, 0.25) is 0 Å². The number of hydrogen-bond donors (Lipinski definition) is 0. The maximum atomic E-state index is 4.76. The van der Waals surface area contributed by atoms with Crippen molar-refractivity contribution in [1.29, 1.82) is 0 Å². The molecule has 11 heavy (non-hydrogen) atoms. The van der Waals surface area contributed by atoms with Crippen LogP contribution in [-0.2, 0) is 17.3 Å². The number of para-hydroxylation sites is 1. The molecule has 1 heterocycles. The first kappa shape index (κ1) is 9.11. The Balaban J connectivity index is 0.000000281. The largest absolute Gasteiger partial charge is 0.233 e. The predicted molar refractivity (Wildman–Crippen MR) is 44.3 cm³/mol. The van der Waals surface area contributed by atoms with Gasteiger partial charge in [-0.15, -0.1) is 11.3 Å². The Hall–Kier alpha value is 0.0234. The van der Waals surface area contributed by atoms with Crippen LogP contribution < -0.4 is 0 Å². The normalized spacial score (nSPS) is 9.00. The van der Waals surface area contributed by atoms with Gasteiger partial charge in [0.15, 0.2) is 5.51 Å². The summed E-state index contributed by atoms with van der Waals surface area (Å²) in [4.78, 5) is 4.01. The summed E-state index contributed by atoms with van der Waals surface area (Å²) < 4.78 is 1.21. The average Bonchev–Trinajstić information content (AvgIpc) is 2.55. The summed E-state index contributed by atoms with van der Waals surface area (Å²) in [7, 11) is 4.76. The zero-order valence-electron chi connectivity index (χ0n) is 5.75. The smallest absolute Gasteiger partial charge is 0.153 e. The number of hydrogen-bond acceptors (Lipinski definition) is 2. The molecule has 4 heteroatoms. The van der Waals surface area contributed by atoms with Crippen molar-refractivity contribution in [3.05, 3.63) is 29.8 Å². The topological polar surface area (TPSA) is 12.9 Å². The Bertz CT molecular complexity index is 292. The summed E-state index contributed by atoms with van der Waals surface area (Å²) in [6.07, 6.45) is 0. The van der Waals surface area contributed by atoms with Crippen LogP contribution in [0.5, 0.6) is 0 Å². The van der Waals surface area contributed by atoms with Gasteiger partial charge in [-0.3, -0.25) is 0 Å². The molecule has 0 aliphatic carbocycles. The number of aromatic nitrogens is 1. The van der Waals surface area contributed by atoms with Gasteiger partial charge in [-0.1, -0.05) is 12.1 Å². The number of nitrogens with zero attached hydrogens (tertiary/aromatic N) is 1. The van der Waals surface area contributed by atoms with Crippen molar-refractivity contribution in [2.75, 3.05) is 0 Å². The number of benzene rings is 1. The third-order valence-electron chi connectivity index (χ3n) is 1.19. The van der Waals surface area contributed by atoms with Gasteiger partial charge in [-0.2, -0.15) is 0 Å². The van der Waals surface area contributed by atoms with Gasteiger partial charge in [0, 0.05) is 0 Å². The Morgan fingerprint density at radius 1 is 1.36 bits per heavy atom. The minimum Gasteiger partial charge on any atom is -0.233 e.